The number of Topliss-reactive ketones (excluding diaryl/α,β-unsaturated/α-hetero) is 1. The van der Waals surface area contributed by atoms with Gasteiger partial charge < -0.3 is 14.6 Å². The van der Waals surface area contributed by atoms with Crippen molar-refractivity contribution in [2.24, 2.45) is 5.92 Å². The van der Waals surface area contributed by atoms with Crippen molar-refractivity contribution in [2.75, 3.05) is 11.5 Å². The number of halogens is 3. The molecule has 1 fully saturated rings. The summed E-state index contributed by atoms with van der Waals surface area (Å²) in [6, 6.07) is 5.03. The van der Waals surface area contributed by atoms with E-state index in [1.165, 1.54) is 12.3 Å². The Morgan fingerprint density at radius 1 is 1.18 bits per heavy atom. The molecule has 0 amide bonds. The van der Waals surface area contributed by atoms with Gasteiger partial charge in [-0.25, -0.2) is 24.3 Å². The summed E-state index contributed by atoms with van der Waals surface area (Å²) in [4.78, 5) is 33.8. The Hall–Kier alpha value is -2.70. The molecule has 2 atom stereocenters. The van der Waals surface area contributed by atoms with Gasteiger partial charge in [0.1, 0.15) is 23.0 Å². The summed E-state index contributed by atoms with van der Waals surface area (Å²) < 4.78 is 16.3. The minimum absolute atomic E-state index is 0.0227. The average molecular weight is 649 g/mol. The fourth-order valence-corrected chi connectivity index (χ4v) is 6.35. The SMILES string of the molecule is C[C@@H]1CC(C(=O)c2cn(CCCO)c3nc(-c4ncccn4)c(Cl)cc23)C[C@@H](C)N1c1ncc(F)cc1I. The van der Waals surface area contributed by atoms with Gasteiger partial charge in [-0.15, -0.1) is 0 Å². The first-order valence-electron chi connectivity index (χ1n) is 12.5. The molecule has 0 unspecified atom stereocenters. The molecule has 198 valence electrons. The van der Waals surface area contributed by atoms with Gasteiger partial charge in [0, 0.05) is 60.7 Å². The number of fused-ring (bicyclic) bond motifs is 1. The normalized spacial score (nSPS) is 19.7. The maximum absolute atomic E-state index is 14.0. The van der Waals surface area contributed by atoms with Gasteiger partial charge in [-0.1, -0.05) is 11.6 Å². The second-order valence-corrected chi connectivity index (χ2v) is 11.2. The van der Waals surface area contributed by atoms with E-state index < -0.39 is 0 Å². The van der Waals surface area contributed by atoms with Crippen LogP contribution in [-0.2, 0) is 6.54 Å². The molecule has 4 aromatic heterocycles. The summed E-state index contributed by atoms with van der Waals surface area (Å²) >= 11 is 8.74. The molecule has 4 aromatic rings. The highest BCUT2D eigenvalue weighted by Gasteiger charge is 2.37. The Kier molecular flexibility index (Phi) is 7.92. The van der Waals surface area contributed by atoms with Gasteiger partial charge in [0.25, 0.3) is 0 Å². The number of hydrogen-bond acceptors (Lipinski definition) is 7. The molecule has 0 spiro atoms. The van der Waals surface area contributed by atoms with E-state index in [-0.39, 0.29) is 36.2 Å². The van der Waals surface area contributed by atoms with Crippen LogP contribution in [0.2, 0.25) is 5.02 Å². The zero-order valence-electron chi connectivity index (χ0n) is 21.0. The quantitative estimate of drug-likeness (QED) is 0.208. The maximum Gasteiger partial charge on any atom is 0.179 e. The molecule has 38 heavy (non-hydrogen) atoms. The van der Waals surface area contributed by atoms with Crippen LogP contribution in [0.25, 0.3) is 22.6 Å². The van der Waals surface area contributed by atoms with Gasteiger partial charge in [0.15, 0.2) is 11.6 Å². The molecule has 5 heterocycles. The van der Waals surface area contributed by atoms with Crippen LogP contribution in [0.1, 0.15) is 43.5 Å². The lowest BCUT2D eigenvalue weighted by Crippen LogP contribution is -2.49. The number of carbonyl (C=O) groups is 1. The van der Waals surface area contributed by atoms with Crippen LogP contribution in [0.4, 0.5) is 10.2 Å². The molecule has 0 aliphatic carbocycles. The molecule has 1 aliphatic rings. The van der Waals surface area contributed by atoms with E-state index in [9.17, 15) is 14.3 Å². The first kappa shape index (κ1) is 26.9. The van der Waals surface area contributed by atoms with E-state index >= 15 is 0 Å². The number of piperidine rings is 1. The molecule has 1 saturated heterocycles. The molecular weight excluding hydrogens is 622 g/mol. The summed E-state index contributed by atoms with van der Waals surface area (Å²) in [5.41, 5.74) is 1.62. The fourth-order valence-electron chi connectivity index (χ4n) is 5.40. The monoisotopic (exact) mass is 648 g/mol. The first-order chi connectivity index (χ1) is 18.3. The summed E-state index contributed by atoms with van der Waals surface area (Å²) in [7, 11) is 0. The van der Waals surface area contributed by atoms with Crippen LogP contribution in [0, 0.1) is 15.3 Å². The Bertz CT molecular complexity index is 1470. The predicted molar refractivity (Wildman–Crippen MR) is 153 cm³/mol. The number of ketones is 1. The van der Waals surface area contributed by atoms with Crippen molar-refractivity contribution >= 4 is 56.8 Å². The highest BCUT2D eigenvalue weighted by atomic mass is 127. The summed E-state index contributed by atoms with van der Waals surface area (Å²) in [5.74, 6) is 0.614. The van der Waals surface area contributed by atoms with Gasteiger partial charge in [0.2, 0.25) is 0 Å². The van der Waals surface area contributed by atoms with E-state index in [1.807, 2.05) is 10.8 Å². The van der Waals surface area contributed by atoms with Gasteiger partial charge in [0.05, 0.1) is 14.8 Å². The number of aryl methyl sites for hydroxylation is 1. The lowest BCUT2D eigenvalue weighted by molar-refractivity contribution is 0.0878. The molecular formula is C27H27ClFIN6O2. The van der Waals surface area contributed by atoms with Gasteiger partial charge >= 0.3 is 0 Å². The van der Waals surface area contributed by atoms with Crippen LogP contribution in [0.15, 0.2) is 43.0 Å². The Morgan fingerprint density at radius 2 is 1.89 bits per heavy atom. The van der Waals surface area contributed by atoms with Crippen molar-refractivity contribution in [3.05, 3.63) is 63.0 Å². The smallest absolute Gasteiger partial charge is 0.179 e. The number of aromatic nitrogens is 5. The highest BCUT2D eigenvalue weighted by Crippen LogP contribution is 2.37. The van der Waals surface area contributed by atoms with Crippen LogP contribution in [-0.4, -0.2) is 54.1 Å². The standard InChI is InChI=1S/C27H27ClFIN6O2/c1-15-9-17(10-16(2)36(15)27-22(30)11-18(29)13-33-27)24(38)20-14-35(7-4-8-37)26-19(20)12-21(28)23(34-26)25-31-5-3-6-32-25/h3,5-6,11-17,37H,4,7-10H2,1-2H3/t15-,16-/m1/s1. The van der Waals surface area contributed by atoms with Crippen molar-refractivity contribution in [1.29, 1.82) is 0 Å². The highest BCUT2D eigenvalue weighted by molar-refractivity contribution is 14.1. The molecule has 11 heteroatoms. The topological polar surface area (TPSA) is 97.0 Å². The largest absolute Gasteiger partial charge is 0.396 e. The van der Waals surface area contributed by atoms with Crippen molar-refractivity contribution < 1.29 is 14.3 Å². The van der Waals surface area contributed by atoms with Crippen molar-refractivity contribution in [3.8, 4) is 11.5 Å². The first-order valence-corrected chi connectivity index (χ1v) is 13.9. The number of carbonyl (C=O) groups excluding carboxylic acids is 1. The van der Waals surface area contributed by atoms with E-state index in [4.69, 9.17) is 16.6 Å². The van der Waals surface area contributed by atoms with Crippen molar-refractivity contribution in [3.63, 3.8) is 0 Å². The third-order valence-electron chi connectivity index (χ3n) is 7.01. The number of hydrogen-bond donors (Lipinski definition) is 1. The Morgan fingerprint density at radius 3 is 2.55 bits per heavy atom. The van der Waals surface area contributed by atoms with Crippen LogP contribution < -0.4 is 4.90 Å². The number of aliphatic hydroxyl groups is 1. The van der Waals surface area contributed by atoms with Gasteiger partial charge in [-0.05, 0) is 73.9 Å². The van der Waals surface area contributed by atoms with Gasteiger partial charge in [-0.3, -0.25) is 4.79 Å². The minimum atomic E-state index is -0.365. The Labute approximate surface area is 238 Å². The number of rotatable bonds is 7. The minimum Gasteiger partial charge on any atom is -0.396 e. The third-order valence-corrected chi connectivity index (χ3v) is 8.09. The van der Waals surface area contributed by atoms with Crippen LogP contribution in [0.5, 0.6) is 0 Å². The Balaban J connectivity index is 1.49. The summed E-state index contributed by atoms with van der Waals surface area (Å²) in [6.45, 7) is 4.68. The van der Waals surface area contributed by atoms with Crippen LogP contribution in [0.3, 0.4) is 0 Å². The molecule has 5 rings (SSSR count). The number of anilines is 1. The maximum atomic E-state index is 14.0. The summed E-state index contributed by atoms with van der Waals surface area (Å²) in [5, 5.41) is 10.5. The second kappa shape index (κ2) is 11.2. The van der Waals surface area contributed by atoms with E-state index in [0.717, 1.165) is 9.39 Å². The molecule has 0 aromatic carbocycles. The molecule has 0 saturated carbocycles. The van der Waals surface area contributed by atoms with Crippen LogP contribution >= 0.6 is 34.2 Å². The lowest BCUT2D eigenvalue weighted by atomic mass is 9.82. The lowest BCUT2D eigenvalue weighted by Gasteiger charge is -2.43. The third kappa shape index (κ3) is 5.13. The van der Waals surface area contributed by atoms with E-state index in [0.29, 0.717) is 58.9 Å². The average Bonchev–Trinajstić information content (AvgIpc) is 3.24. The number of nitrogens with zero attached hydrogens (tertiary/aromatic N) is 6. The molecule has 1 N–H and O–H groups in total. The number of pyridine rings is 2. The van der Waals surface area contributed by atoms with E-state index in [2.05, 4.69) is 56.3 Å². The van der Waals surface area contributed by atoms with Gasteiger partial charge in [-0.2, -0.15) is 0 Å². The van der Waals surface area contributed by atoms with Crippen molar-refractivity contribution in [1.82, 2.24) is 24.5 Å². The molecule has 0 bridgehead atoms. The molecule has 0 radical (unpaired) electrons. The second-order valence-electron chi connectivity index (χ2n) is 9.67. The predicted octanol–water partition coefficient (Wildman–Crippen LogP) is 5.54. The molecule has 8 nitrogen and oxygen atoms in total. The number of aliphatic hydroxyl groups excluding tert-OH is 1. The summed E-state index contributed by atoms with van der Waals surface area (Å²) in [6.07, 6.45) is 8.11. The van der Waals surface area contributed by atoms with E-state index in [1.54, 1.807) is 24.5 Å². The zero-order valence-corrected chi connectivity index (χ0v) is 23.9. The fraction of sp³-hybridized carbons (Fsp3) is 0.370. The molecule has 1 aliphatic heterocycles. The zero-order chi connectivity index (χ0) is 27.0. The van der Waals surface area contributed by atoms with Crippen molar-refractivity contribution in [2.45, 2.75) is 51.7 Å².